The van der Waals surface area contributed by atoms with Gasteiger partial charge in [-0.2, -0.15) is 0 Å². The van der Waals surface area contributed by atoms with Crippen molar-refractivity contribution in [1.29, 1.82) is 0 Å². The molecule has 2 rings (SSSR count). The van der Waals surface area contributed by atoms with Gasteiger partial charge in [0.25, 0.3) is 0 Å². The van der Waals surface area contributed by atoms with Crippen molar-refractivity contribution in [3.05, 3.63) is 29.8 Å². The first-order valence-electron chi connectivity index (χ1n) is 4.34. The van der Waals surface area contributed by atoms with Gasteiger partial charge in [-0.3, -0.25) is 4.79 Å². The van der Waals surface area contributed by atoms with Crippen molar-refractivity contribution in [2.75, 3.05) is 0 Å². The number of rotatable bonds is 2. The van der Waals surface area contributed by atoms with E-state index in [1.54, 1.807) is 0 Å². The second-order valence-electron chi connectivity index (χ2n) is 3.25. The molecule has 0 atom stereocenters. The summed E-state index contributed by atoms with van der Waals surface area (Å²) in [5.74, 6) is -3.01. The van der Waals surface area contributed by atoms with Gasteiger partial charge in [-0.1, -0.05) is 6.07 Å². The van der Waals surface area contributed by atoms with Crippen LogP contribution in [0.3, 0.4) is 0 Å². The highest BCUT2D eigenvalue weighted by Crippen LogP contribution is 2.32. The van der Waals surface area contributed by atoms with Crippen LogP contribution in [0.1, 0.15) is 12.8 Å². The number of hydrogen-bond donors (Lipinski definition) is 0. The average Bonchev–Trinajstić information content (AvgIpc) is 2.94. The van der Waals surface area contributed by atoms with Crippen LogP contribution in [0, 0.1) is 17.6 Å². The van der Waals surface area contributed by atoms with Gasteiger partial charge in [0.15, 0.2) is 11.6 Å². The molecule has 1 aliphatic carbocycles. The Morgan fingerprint density at radius 3 is 2.36 bits per heavy atom. The number of carbonyl (C=O) groups excluding carboxylic acids is 1. The minimum Gasteiger partial charge on any atom is -0.420 e. The smallest absolute Gasteiger partial charge is 0.314 e. The third-order valence-electron chi connectivity index (χ3n) is 2.03. The minimum atomic E-state index is -0.848. The second-order valence-corrected chi connectivity index (χ2v) is 3.25. The van der Waals surface area contributed by atoms with E-state index < -0.39 is 23.4 Å². The molecule has 0 radical (unpaired) electrons. The van der Waals surface area contributed by atoms with E-state index in [4.69, 9.17) is 0 Å². The van der Waals surface area contributed by atoms with E-state index in [1.165, 1.54) is 6.07 Å². The van der Waals surface area contributed by atoms with Crippen molar-refractivity contribution in [2.24, 2.45) is 5.92 Å². The SMILES string of the molecule is O=C(Oc1c(F)cccc1F)C1CC1. The standard InChI is InChI=1S/C10H8F2O2/c11-7-2-1-3-8(12)9(7)14-10(13)6-4-5-6/h1-3,6H,4-5H2. The summed E-state index contributed by atoms with van der Waals surface area (Å²) in [7, 11) is 0. The van der Waals surface area contributed by atoms with Crippen LogP contribution in [-0.4, -0.2) is 5.97 Å². The van der Waals surface area contributed by atoms with E-state index in [2.05, 4.69) is 4.74 Å². The lowest BCUT2D eigenvalue weighted by Crippen LogP contribution is -2.11. The zero-order valence-corrected chi connectivity index (χ0v) is 7.30. The lowest BCUT2D eigenvalue weighted by molar-refractivity contribution is -0.136. The van der Waals surface area contributed by atoms with E-state index in [0.717, 1.165) is 25.0 Å². The Morgan fingerprint density at radius 2 is 1.86 bits per heavy atom. The molecule has 1 saturated carbocycles. The van der Waals surface area contributed by atoms with Crippen molar-refractivity contribution in [3.63, 3.8) is 0 Å². The maximum atomic E-state index is 13.0. The van der Waals surface area contributed by atoms with Gasteiger partial charge >= 0.3 is 5.97 Å². The van der Waals surface area contributed by atoms with Gasteiger partial charge in [-0.25, -0.2) is 8.78 Å². The van der Waals surface area contributed by atoms with Crippen molar-refractivity contribution in [1.82, 2.24) is 0 Å². The van der Waals surface area contributed by atoms with Crippen LogP contribution < -0.4 is 4.74 Å². The zero-order chi connectivity index (χ0) is 10.1. The molecule has 0 saturated heterocycles. The molecular weight excluding hydrogens is 190 g/mol. The first-order chi connectivity index (χ1) is 6.68. The summed E-state index contributed by atoms with van der Waals surface area (Å²) in [4.78, 5) is 11.1. The molecule has 0 heterocycles. The number of esters is 1. The fourth-order valence-corrected chi connectivity index (χ4v) is 1.08. The predicted octanol–water partition coefficient (Wildman–Crippen LogP) is 2.28. The number of hydrogen-bond acceptors (Lipinski definition) is 2. The Balaban J connectivity index is 2.18. The Hall–Kier alpha value is -1.45. The van der Waals surface area contributed by atoms with Crippen molar-refractivity contribution in [2.45, 2.75) is 12.8 Å². The van der Waals surface area contributed by atoms with E-state index in [1.807, 2.05) is 0 Å². The summed E-state index contributed by atoms with van der Waals surface area (Å²) in [6.45, 7) is 0. The lowest BCUT2D eigenvalue weighted by Gasteiger charge is -2.04. The number of ether oxygens (including phenoxy) is 1. The molecule has 0 unspecified atom stereocenters. The normalized spacial score (nSPS) is 15.3. The second kappa shape index (κ2) is 3.36. The largest absolute Gasteiger partial charge is 0.420 e. The number of benzene rings is 1. The molecule has 0 N–H and O–H groups in total. The predicted molar refractivity (Wildman–Crippen MR) is 44.7 cm³/mol. The quantitative estimate of drug-likeness (QED) is 0.538. The van der Waals surface area contributed by atoms with Gasteiger partial charge in [0.05, 0.1) is 5.92 Å². The van der Waals surface area contributed by atoms with Gasteiger partial charge in [0.2, 0.25) is 5.75 Å². The molecule has 1 aliphatic rings. The van der Waals surface area contributed by atoms with Crippen LogP contribution in [0.2, 0.25) is 0 Å². The summed E-state index contributed by atoms with van der Waals surface area (Å²) in [5, 5.41) is 0. The number of carbonyl (C=O) groups is 1. The molecule has 0 amide bonds. The Labute approximate surface area is 79.5 Å². The number of para-hydroxylation sites is 1. The summed E-state index contributed by atoms with van der Waals surface area (Å²) < 4.78 is 30.6. The molecule has 1 fully saturated rings. The summed E-state index contributed by atoms with van der Waals surface area (Å²) in [6.07, 6.45) is 1.49. The molecule has 2 nitrogen and oxygen atoms in total. The van der Waals surface area contributed by atoms with Gasteiger partial charge in [-0.15, -0.1) is 0 Å². The minimum absolute atomic E-state index is 0.172. The third-order valence-corrected chi connectivity index (χ3v) is 2.03. The van der Waals surface area contributed by atoms with Crippen LogP contribution >= 0.6 is 0 Å². The van der Waals surface area contributed by atoms with Crippen molar-refractivity contribution in [3.8, 4) is 5.75 Å². The highest BCUT2D eigenvalue weighted by molar-refractivity contribution is 5.77. The van der Waals surface area contributed by atoms with Crippen molar-refractivity contribution < 1.29 is 18.3 Å². The van der Waals surface area contributed by atoms with Gasteiger partial charge < -0.3 is 4.74 Å². The van der Waals surface area contributed by atoms with E-state index in [-0.39, 0.29) is 5.92 Å². The maximum Gasteiger partial charge on any atom is 0.314 e. The first kappa shape index (κ1) is 9.12. The Morgan fingerprint density at radius 1 is 1.29 bits per heavy atom. The van der Waals surface area contributed by atoms with Crippen LogP contribution in [0.4, 0.5) is 8.78 Å². The topological polar surface area (TPSA) is 26.3 Å². The third kappa shape index (κ3) is 1.73. The molecule has 0 spiro atoms. The van der Waals surface area contributed by atoms with E-state index in [0.29, 0.717) is 0 Å². The lowest BCUT2D eigenvalue weighted by atomic mass is 10.3. The monoisotopic (exact) mass is 198 g/mol. The fourth-order valence-electron chi connectivity index (χ4n) is 1.08. The Bertz CT molecular complexity index is 352. The van der Waals surface area contributed by atoms with Gasteiger partial charge in [-0.05, 0) is 25.0 Å². The fraction of sp³-hybridized carbons (Fsp3) is 0.300. The molecule has 1 aromatic rings. The van der Waals surface area contributed by atoms with Crippen LogP contribution in [0.15, 0.2) is 18.2 Å². The zero-order valence-electron chi connectivity index (χ0n) is 7.30. The van der Waals surface area contributed by atoms with Crippen molar-refractivity contribution >= 4 is 5.97 Å². The van der Waals surface area contributed by atoms with Gasteiger partial charge in [0, 0.05) is 0 Å². The molecule has 0 aromatic heterocycles. The Kier molecular flexibility index (Phi) is 2.19. The molecule has 14 heavy (non-hydrogen) atoms. The molecule has 0 aliphatic heterocycles. The maximum absolute atomic E-state index is 13.0. The molecule has 0 bridgehead atoms. The molecule has 74 valence electrons. The van der Waals surface area contributed by atoms with E-state index >= 15 is 0 Å². The summed E-state index contributed by atoms with van der Waals surface area (Å²) in [6, 6.07) is 3.33. The molecule has 1 aromatic carbocycles. The first-order valence-corrected chi connectivity index (χ1v) is 4.34. The number of halogens is 2. The van der Waals surface area contributed by atoms with E-state index in [9.17, 15) is 13.6 Å². The van der Waals surface area contributed by atoms with Crippen LogP contribution in [0.5, 0.6) is 5.75 Å². The molecule has 4 heteroatoms. The van der Waals surface area contributed by atoms with Gasteiger partial charge in [0.1, 0.15) is 0 Å². The van der Waals surface area contributed by atoms with Crippen LogP contribution in [-0.2, 0) is 4.79 Å². The highest BCUT2D eigenvalue weighted by Gasteiger charge is 2.32. The highest BCUT2D eigenvalue weighted by atomic mass is 19.1. The average molecular weight is 198 g/mol. The molecular formula is C10H8F2O2. The van der Waals surface area contributed by atoms with Crippen LogP contribution in [0.25, 0.3) is 0 Å². The summed E-state index contributed by atoms with van der Waals surface area (Å²) in [5.41, 5.74) is 0. The summed E-state index contributed by atoms with van der Waals surface area (Å²) >= 11 is 0.